The van der Waals surface area contributed by atoms with Crippen molar-refractivity contribution < 1.29 is 14.3 Å². The number of cyclic esters (lactones) is 1. The first-order valence-electron chi connectivity index (χ1n) is 9.40. The lowest BCUT2D eigenvalue weighted by Crippen LogP contribution is -2.62. The molecule has 28 heavy (non-hydrogen) atoms. The Kier molecular flexibility index (Phi) is 4.66. The maximum absolute atomic E-state index is 12.3. The molecule has 4 rings (SSSR count). The second-order valence-electron chi connectivity index (χ2n) is 7.60. The summed E-state index contributed by atoms with van der Waals surface area (Å²) in [6.45, 7) is 2.19. The van der Waals surface area contributed by atoms with Crippen LogP contribution in [0.3, 0.4) is 0 Å². The van der Waals surface area contributed by atoms with E-state index < -0.39 is 5.54 Å². The highest BCUT2D eigenvalue weighted by molar-refractivity contribution is 5.92. The summed E-state index contributed by atoms with van der Waals surface area (Å²) >= 11 is 0. The van der Waals surface area contributed by atoms with Crippen molar-refractivity contribution in [2.24, 2.45) is 0 Å². The van der Waals surface area contributed by atoms with Crippen molar-refractivity contribution in [3.05, 3.63) is 59.8 Å². The highest BCUT2D eigenvalue weighted by Gasteiger charge is 2.51. The van der Waals surface area contributed by atoms with Gasteiger partial charge < -0.3 is 14.5 Å². The van der Waals surface area contributed by atoms with E-state index in [2.05, 4.69) is 22.0 Å². The molecule has 0 bridgehead atoms. The van der Waals surface area contributed by atoms with Gasteiger partial charge >= 0.3 is 6.09 Å². The molecule has 1 unspecified atom stereocenters. The third-order valence-corrected chi connectivity index (χ3v) is 5.40. The lowest BCUT2D eigenvalue weighted by Gasteiger charge is -2.45. The van der Waals surface area contributed by atoms with Gasteiger partial charge in [-0.1, -0.05) is 36.4 Å². The quantitative estimate of drug-likeness (QED) is 0.812. The number of hydrogen-bond acceptors (Lipinski definition) is 5. The number of nitrogens with zero attached hydrogens (tertiary/aromatic N) is 4. The standard InChI is InChI=1S/C21H24N4O3/c1-23(2)19(26)17-9-6-10-18(22-17)24-11-12-25-20(27)28-15-21(25,14-24)13-16-7-4-3-5-8-16/h3-10H,11-15H2,1-2H3. The van der Waals surface area contributed by atoms with E-state index in [1.165, 1.54) is 4.90 Å². The third-order valence-electron chi connectivity index (χ3n) is 5.40. The molecule has 2 aromatic rings. The number of benzene rings is 1. The minimum Gasteiger partial charge on any atom is -0.447 e. The fourth-order valence-electron chi connectivity index (χ4n) is 3.98. The number of fused-ring (bicyclic) bond motifs is 1. The maximum atomic E-state index is 12.3. The van der Waals surface area contributed by atoms with Crippen LogP contribution in [0.1, 0.15) is 16.1 Å². The number of pyridine rings is 1. The number of ether oxygens (including phenoxy) is 1. The van der Waals surface area contributed by atoms with Crippen molar-refractivity contribution in [3.8, 4) is 0 Å². The van der Waals surface area contributed by atoms with E-state index >= 15 is 0 Å². The molecular formula is C21H24N4O3. The van der Waals surface area contributed by atoms with Gasteiger partial charge in [0.1, 0.15) is 23.7 Å². The number of carbonyl (C=O) groups excluding carboxylic acids is 2. The number of piperazine rings is 1. The third kappa shape index (κ3) is 3.28. The van der Waals surface area contributed by atoms with Crippen LogP contribution in [0.5, 0.6) is 0 Å². The molecule has 0 spiro atoms. The molecule has 146 valence electrons. The van der Waals surface area contributed by atoms with Gasteiger partial charge in [0.25, 0.3) is 5.91 Å². The largest absolute Gasteiger partial charge is 0.447 e. The molecule has 2 aliphatic rings. The lowest BCUT2D eigenvalue weighted by atomic mass is 9.88. The zero-order chi connectivity index (χ0) is 19.7. The molecule has 1 aromatic carbocycles. The second-order valence-corrected chi connectivity index (χ2v) is 7.60. The molecule has 0 radical (unpaired) electrons. The van der Waals surface area contributed by atoms with Gasteiger partial charge in [0.05, 0.1) is 0 Å². The summed E-state index contributed by atoms with van der Waals surface area (Å²) in [5.41, 5.74) is 1.15. The summed E-state index contributed by atoms with van der Waals surface area (Å²) in [4.78, 5) is 34.7. The Morgan fingerprint density at radius 1 is 1.14 bits per heavy atom. The van der Waals surface area contributed by atoms with Crippen molar-refractivity contribution in [2.45, 2.75) is 12.0 Å². The smallest absolute Gasteiger partial charge is 0.410 e. The SMILES string of the molecule is CN(C)C(=O)c1cccc(N2CCN3C(=O)OCC3(Cc3ccccc3)C2)n1. The first kappa shape index (κ1) is 18.3. The Hall–Kier alpha value is -3.09. The van der Waals surface area contributed by atoms with Crippen LogP contribution in [0.4, 0.5) is 10.6 Å². The zero-order valence-corrected chi connectivity index (χ0v) is 16.2. The molecule has 7 heteroatoms. The molecule has 1 aromatic heterocycles. The van der Waals surface area contributed by atoms with Crippen LogP contribution in [0.15, 0.2) is 48.5 Å². The topological polar surface area (TPSA) is 66.0 Å². The van der Waals surface area contributed by atoms with Gasteiger partial charge in [-0.25, -0.2) is 9.78 Å². The Bertz CT molecular complexity index is 886. The van der Waals surface area contributed by atoms with Crippen LogP contribution in [0.25, 0.3) is 0 Å². The van der Waals surface area contributed by atoms with Gasteiger partial charge in [0, 0.05) is 40.2 Å². The zero-order valence-electron chi connectivity index (χ0n) is 16.2. The van der Waals surface area contributed by atoms with E-state index in [1.54, 1.807) is 20.2 Å². The van der Waals surface area contributed by atoms with Crippen LogP contribution in [-0.4, -0.2) is 72.7 Å². The first-order chi connectivity index (χ1) is 13.5. The minimum atomic E-state index is -0.431. The minimum absolute atomic E-state index is 0.126. The highest BCUT2D eigenvalue weighted by atomic mass is 16.6. The van der Waals surface area contributed by atoms with E-state index in [9.17, 15) is 9.59 Å². The van der Waals surface area contributed by atoms with E-state index in [0.717, 1.165) is 11.4 Å². The summed E-state index contributed by atoms with van der Waals surface area (Å²) in [6.07, 6.45) is 0.465. The predicted octanol–water partition coefficient (Wildman–Crippen LogP) is 2.04. The molecule has 2 amide bonds. The Morgan fingerprint density at radius 2 is 1.93 bits per heavy atom. The molecule has 2 saturated heterocycles. The molecule has 0 aliphatic carbocycles. The number of aromatic nitrogens is 1. The van der Waals surface area contributed by atoms with Gasteiger partial charge in [0.2, 0.25) is 0 Å². The normalized spacial score (nSPS) is 21.3. The van der Waals surface area contributed by atoms with E-state index in [1.807, 2.05) is 35.2 Å². The predicted molar refractivity (Wildman–Crippen MR) is 105 cm³/mol. The monoisotopic (exact) mass is 380 g/mol. The van der Waals surface area contributed by atoms with Gasteiger partial charge in [0.15, 0.2) is 0 Å². The van der Waals surface area contributed by atoms with Crippen LogP contribution < -0.4 is 4.90 Å². The van der Waals surface area contributed by atoms with Crippen LogP contribution in [0, 0.1) is 0 Å². The fourth-order valence-corrected chi connectivity index (χ4v) is 3.98. The number of amides is 2. The van der Waals surface area contributed by atoms with Crippen molar-refractivity contribution >= 4 is 17.8 Å². The molecule has 2 fully saturated rings. The Labute approximate surface area is 164 Å². The average molecular weight is 380 g/mol. The summed E-state index contributed by atoms with van der Waals surface area (Å²) in [7, 11) is 3.43. The van der Waals surface area contributed by atoms with Gasteiger partial charge in [-0.2, -0.15) is 0 Å². The Balaban J connectivity index is 1.62. The van der Waals surface area contributed by atoms with Crippen LogP contribution in [-0.2, 0) is 11.2 Å². The van der Waals surface area contributed by atoms with Gasteiger partial charge in [-0.05, 0) is 17.7 Å². The van der Waals surface area contributed by atoms with Crippen LogP contribution in [0.2, 0.25) is 0 Å². The number of rotatable bonds is 4. The molecule has 0 saturated carbocycles. The van der Waals surface area contributed by atoms with Crippen molar-refractivity contribution in [2.75, 3.05) is 45.2 Å². The average Bonchev–Trinajstić information content (AvgIpc) is 3.04. The van der Waals surface area contributed by atoms with Crippen molar-refractivity contribution in [3.63, 3.8) is 0 Å². The van der Waals surface area contributed by atoms with Gasteiger partial charge in [-0.3, -0.25) is 9.69 Å². The van der Waals surface area contributed by atoms with E-state index in [-0.39, 0.29) is 12.0 Å². The second kappa shape index (κ2) is 7.14. The molecule has 1 atom stereocenters. The highest BCUT2D eigenvalue weighted by Crippen LogP contribution is 2.33. The van der Waals surface area contributed by atoms with E-state index in [4.69, 9.17) is 4.74 Å². The Morgan fingerprint density at radius 3 is 2.68 bits per heavy atom. The summed E-state index contributed by atoms with van der Waals surface area (Å²) in [5.74, 6) is 0.623. The summed E-state index contributed by atoms with van der Waals surface area (Å²) in [5, 5.41) is 0. The molecule has 0 N–H and O–H groups in total. The van der Waals surface area contributed by atoms with E-state index in [0.29, 0.717) is 38.4 Å². The lowest BCUT2D eigenvalue weighted by molar-refractivity contribution is 0.0822. The molecule has 7 nitrogen and oxygen atoms in total. The van der Waals surface area contributed by atoms with Crippen molar-refractivity contribution in [1.82, 2.24) is 14.8 Å². The molecular weight excluding hydrogens is 356 g/mol. The summed E-state index contributed by atoms with van der Waals surface area (Å²) in [6, 6.07) is 15.6. The first-order valence-corrected chi connectivity index (χ1v) is 9.40. The number of carbonyl (C=O) groups is 2. The van der Waals surface area contributed by atoms with Gasteiger partial charge in [-0.15, -0.1) is 0 Å². The summed E-state index contributed by atoms with van der Waals surface area (Å²) < 4.78 is 5.43. The number of anilines is 1. The van der Waals surface area contributed by atoms with Crippen molar-refractivity contribution in [1.29, 1.82) is 0 Å². The molecule has 3 heterocycles. The molecule has 2 aliphatic heterocycles. The fraction of sp³-hybridized carbons (Fsp3) is 0.381. The maximum Gasteiger partial charge on any atom is 0.410 e. The number of hydrogen-bond donors (Lipinski definition) is 0. The van der Waals surface area contributed by atoms with Crippen LogP contribution >= 0.6 is 0 Å².